The van der Waals surface area contributed by atoms with Crippen molar-refractivity contribution in [1.82, 2.24) is 19.7 Å². The van der Waals surface area contributed by atoms with Gasteiger partial charge in [-0.15, -0.1) is 0 Å². The minimum Gasteiger partial charge on any atom is -0.367 e. The Morgan fingerprint density at radius 2 is 2.07 bits per heavy atom. The van der Waals surface area contributed by atoms with Gasteiger partial charge in [-0.05, 0) is 18.6 Å². The van der Waals surface area contributed by atoms with Crippen LogP contribution in [0.1, 0.15) is 18.9 Å². The van der Waals surface area contributed by atoms with Gasteiger partial charge in [0.1, 0.15) is 17.5 Å². The zero-order valence-electron chi connectivity index (χ0n) is 15.5. The highest BCUT2D eigenvalue weighted by Crippen LogP contribution is 2.31. The van der Waals surface area contributed by atoms with E-state index in [1.54, 1.807) is 0 Å². The Morgan fingerprint density at radius 1 is 1.28 bits per heavy atom. The number of aromatic nitrogens is 3. The van der Waals surface area contributed by atoms with Gasteiger partial charge < -0.3 is 10.3 Å². The molecule has 29 heavy (non-hydrogen) atoms. The maximum atomic E-state index is 14.3. The summed E-state index contributed by atoms with van der Waals surface area (Å²) in [5.74, 6) is -1.84. The first kappa shape index (κ1) is 20.6. The van der Waals surface area contributed by atoms with Crippen LogP contribution in [0.4, 0.5) is 14.6 Å². The summed E-state index contributed by atoms with van der Waals surface area (Å²) in [5, 5.41) is 12.4. The molecule has 0 aliphatic rings. The highest BCUT2D eigenvalue weighted by molar-refractivity contribution is 7.89. The maximum Gasteiger partial charge on any atom is 0.213 e. The lowest BCUT2D eigenvalue weighted by Crippen LogP contribution is -2.30. The third-order valence-electron chi connectivity index (χ3n) is 4.08. The van der Waals surface area contributed by atoms with Crippen molar-refractivity contribution in [2.24, 2.45) is 0 Å². The molecule has 0 unspecified atom stereocenters. The van der Waals surface area contributed by atoms with Gasteiger partial charge in [0.2, 0.25) is 10.0 Å². The topological polar surface area (TPSA) is 124 Å². The summed E-state index contributed by atoms with van der Waals surface area (Å²) in [6.45, 7) is 2.07. The number of hydrogen-bond donors (Lipinski definition) is 3. The smallest absolute Gasteiger partial charge is 0.213 e. The van der Waals surface area contributed by atoms with Crippen LogP contribution in [0.5, 0.6) is 0 Å². The van der Waals surface area contributed by atoms with Gasteiger partial charge in [-0.2, -0.15) is 5.26 Å². The molecular weight excluding hydrogens is 402 g/mol. The third-order valence-corrected chi connectivity index (χ3v) is 5.47. The number of rotatable bonds is 8. The summed E-state index contributed by atoms with van der Waals surface area (Å²) in [6.07, 6.45) is 3.20. The van der Waals surface area contributed by atoms with Gasteiger partial charge in [0, 0.05) is 30.2 Å². The van der Waals surface area contributed by atoms with Crippen molar-refractivity contribution in [3.63, 3.8) is 0 Å². The number of pyridine rings is 2. The van der Waals surface area contributed by atoms with Crippen molar-refractivity contribution in [2.75, 3.05) is 24.2 Å². The van der Waals surface area contributed by atoms with Crippen molar-refractivity contribution >= 4 is 26.9 Å². The van der Waals surface area contributed by atoms with Gasteiger partial charge >= 0.3 is 0 Å². The molecule has 0 fully saturated rings. The number of nitrogens with one attached hydrogen (secondary N) is 3. The van der Waals surface area contributed by atoms with E-state index >= 15 is 0 Å². The predicted octanol–water partition coefficient (Wildman–Crippen LogP) is 2.52. The van der Waals surface area contributed by atoms with Gasteiger partial charge in [-0.25, -0.2) is 31.9 Å². The lowest BCUT2D eigenvalue weighted by Gasteiger charge is -2.11. The van der Waals surface area contributed by atoms with E-state index in [0.29, 0.717) is 29.6 Å². The van der Waals surface area contributed by atoms with Crippen molar-refractivity contribution in [3.05, 3.63) is 41.7 Å². The van der Waals surface area contributed by atoms with Crippen LogP contribution in [-0.2, 0) is 10.0 Å². The van der Waals surface area contributed by atoms with E-state index in [9.17, 15) is 22.5 Å². The minimum absolute atomic E-state index is 0.0459. The van der Waals surface area contributed by atoms with Crippen molar-refractivity contribution in [3.8, 4) is 17.3 Å². The average molecular weight is 420 g/mol. The second-order valence-corrected chi connectivity index (χ2v) is 8.15. The van der Waals surface area contributed by atoms with Crippen LogP contribution in [0.15, 0.2) is 24.5 Å². The van der Waals surface area contributed by atoms with Gasteiger partial charge in [0.05, 0.1) is 23.2 Å². The molecule has 0 aromatic carbocycles. The molecule has 152 valence electrons. The quantitative estimate of drug-likeness (QED) is 0.514. The zero-order chi connectivity index (χ0) is 21.0. The second kappa shape index (κ2) is 8.50. The molecule has 3 rings (SSSR count). The molecule has 0 amide bonds. The molecule has 0 saturated carbocycles. The fraction of sp³-hybridized carbons (Fsp3) is 0.278. The van der Waals surface area contributed by atoms with Gasteiger partial charge in [0.25, 0.3) is 0 Å². The Hall–Kier alpha value is -3.10. The zero-order valence-corrected chi connectivity index (χ0v) is 16.3. The van der Waals surface area contributed by atoms with Crippen molar-refractivity contribution in [1.29, 1.82) is 5.26 Å². The predicted molar refractivity (Wildman–Crippen MR) is 105 cm³/mol. The van der Waals surface area contributed by atoms with Crippen molar-refractivity contribution < 1.29 is 17.2 Å². The van der Waals surface area contributed by atoms with Crippen LogP contribution in [0, 0.1) is 23.0 Å². The standard InChI is InChI=1S/C18H18F2N6O2S/c1-2-3-25-29(27,28)5-4-22-18-15(20)6-11(8-21)16(26-18)14-10-24-17-13(14)7-12(19)9-23-17/h6-7,9-10,25H,2-5H2,1H3,(H,22,26)(H,23,24). The monoisotopic (exact) mass is 420 g/mol. The molecule has 0 spiro atoms. The minimum atomic E-state index is -3.50. The Balaban J connectivity index is 1.91. The highest BCUT2D eigenvalue weighted by atomic mass is 32.2. The van der Waals surface area contributed by atoms with Crippen molar-refractivity contribution in [2.45, 2.75) is 13.3 Å². The highest BCUT2D eigenvalue weighted by Gasteiger charge is 2.18. The number of aromatic amines is 1. The van der Waals surface area contributed by atoms with E-state index in [1.807, 2.05) is 13.0 Å². The molecule has 0 radical (unpaired) electrons. The lowest BCUT2D eigenvalue weighted by atomic mass is 10.1. The third kappa shape index (κ3) is 4.67. The second-order valence-electron chi connectivity index (χ2n) is 6.22. The molecule has 0 atom stereocenters. The van der Waals surface area contributed by atoms with E-state index in [2.05, 4.69) is 25.0 Å². The number of H-pyrrole nitrogens is 1. The van der Waals surface area contributed by atoms with Crippen LogP contribution < -0.4 is 10.0 Å². The van der Waals surface area contributed by atoms with Gasteiger partial charge in [-0.3, -0.25) is 0 Å². The van der Waals surface area contributed by atoms with Gasteiger partial charge in [-0.1, -0.05) is 6.92 Å². The average Bonchev–Trinajstić information content (AvgIpc) is 3.10. The molecule has 3 N–H and O–H groups in total. The molecule has 8 nitrogen and oxygen atoms in total. The summed E-state index contributed by atoms with van der Waals surface area (Å²) in [5.41, 5.74) is 0.848. The molecule has 3 aromatic heterocycles. The lowest BCUT2D eigenvalue weighted by molar-refractivity contribution is 0.580. The molecule has 0 aliphatic carbocycles. The SMILES string of the molecule is CCCNS(=O)(=O)CCNc1nc(-c2c[nH]c3ncc(F)cc23)c(C#N)cc1F. The largest absolute Gasteiger partial charge is 0.367 e. The Morgan fingerprint density at radius 3 is 2.79 bits per heavy atom. The molecular formula is C18H18F2N6O2S. The molecule has 0 saturated heterocycles. The molecule has 3 heterocycles. The van der Waals surface area contributed by atoms with E-state index in [-0.39, 0.29) is 29.4 Å². The summed E-state index contributed by atoms with van der Waals surface area (Å²) < 4.78 is 54.0. The van der Waals surface area contributed by atoms with Crippen LogP contribution in [0.25, 0.3) is 22.3 Å². The van der Waals surface area contributed by atoms with Crippen LogP contribution in [-0.4, -0.2) is 42.2 Å². The number of sulfonamides is 1. The Kier molecular flexibility index (Phi) is 6.05. The first-order valence-electron chi connectivity index (χ1n) is 8.79. The van der Waals surface area contributed by atoms with Crippen LogP contribution in [0.3, 0.4) is 0 Å². The summed E-state index contributed by atoms with van der Waals surface area (Å²) in [6, 6.07) is 4.11. The first-order valence-corrected chi connectivity index (χ1v) is 10.4. The first-order chi connectivity index (χ1) is 13.8. The normalized spacial score (nSPS) is 11.5. The van der Waals surface area contributed by atoms with E-state index in [0.717, 1.165) is 12.3 Å². The van der Waals surface area contributed by atoms with E-state index in [4.69, 9.17) is 0 Å². The molecule has 0 bridgehead atoms. The molecule has 3 aromatic rings. The number of fused-ring (bicyclic) bond motifs is 1. The maximum absolute atomic E-state index is 14.3. The summed E-state index contributed by atoms with van der Waals surface area (Å²) in [4.78, 5) is 10.9. The summed E-state index contributed by atoms with van der Waals surface area (Å²) >= 11 is 0. The van der Waals surface area contributed by atoms with Gasteiger partial charge in [0.15, 0.2) is 11.6 Å². The van der Waals surface area contributed by atoms with Crippen LogP contribution in [0.2, 0.25) is 0 Å². The Labute approximate surface area is 166 Å². The Bertz CT molecular complexity index is 1190. The number of hydrogen-bond acceptors (Lipinski definition) is 6. The molecule has 0 aliphatic heterocycles. The summed E-state index contributed by atoms with van der Waals surface area (Å²) in [7, 11) is -3.50. The fourth-order valence-corrected chi connectivity index (χ4v) is 3.74. The fourth-order valence-electron chi connectivity index (χ4n) is 2.71. The van der Waals surface area contributed by atoms with Crippen LogP contribution >= 0.6 is 0 Å². The van der Waals surface area contributed by atoms with E-state index in [1.165, 1.54) is 12.3 Å². The van der Waals surface area contributed by atoms with E-state index < -0.39 is 21.7 Å². The number of halogens is 2. The number of anilines is 1. The number of nitriles is 1. The molecule has 11 heteroatoms. The number of nitrogens with zero attached hydrogens (tertiary/aromatic N) is 3.